The molecule has 2 aromatic carbocycles. The van der Waals surface area contributed by atoms with Crippen LogP contribution in [0.5, 0.6) is 17.2 Å². The van der Waals surface area contributed by atoms with Crippen LogP contribution >= 0.6 is 0 Å². The maximum absolute atomic E-state index is 13.2. The van der Waals surface area contributed by atoms with Crippen molar-refractivity contribution in [1.29, 1.82) is 0 Å². The molecule has 0 aromatic heterocycles. The number of rotatable bonds is 9. The number of aliphatic hydroxyl groups is 1. The van der Waals surface area contributed by atoms with Gasteiger partial charge in [0.1, 0.15) is 24.7 Å². The first-order valence-electron chi connectivity index (χ1n) is 11.4. The fourth-order valence-corrected chi connectivity index (χ4v) is 4.18. The minimum atomic E-state index is -0.754. The van der Waals surface area contributed by atoms with E-state index in [1.54, 1.807) is 25.3 Å². The number of nitrogens with zero attached hydrogens (tertiary/aromatic N) is 1. The van der Waals surface area contributed by atoms with Crippen molar-refractivity contribution in [3.05, 3.63) is 59.2 Å². The SMILES string of the molecule is CCCOc1cccc(C2/C(=C(/O)c3ccc4c(c3)OCCO4)C(=O)C(=O)N2CCCOC)c1. The Balaban J connectivity index is 1.78. The van der Waals surface area contributed by atoms with Gasteiger partial charge < -0.3 is 29.0 Å². The molecule has 1 fully saturated rings. The highest BCUT2D eigenvalue weighted by Gasteiger charge is 2.46. The van der Waals surface area contributed by atoms with Gasteiger partial charge in [-0.05, 0) is 48.7 Å². The summed E-state index contributed by atoms with van der Waals surface area (Å²) < 4.78 is 22.1. The smallest absolute Gasteiger partial charge is 0.295 e. The molecule has 1 atom stereocenters. The standard InChI is InChI=1S/C26H29NO7/c1-3-11-32-19-7-4-6-17(15-19)23-22(25(29)26(30)27(23)10-5-12-31-2)24(28)18-8-9-20-21(16-18)34-14-13-33-20/h4,6-9,15-16,23,28H,3,5,10-14H2,1-2H3/b24-22-. The summed E-state index contributed by atoms with van der Waals surface area (Å²) in [6, 6.07) is 11.5. The van der Waals surface area contributed by atoms with Crippen LogP contribution in [-0.2, 0) is 14.3 Å². The number of likely N-dealkylation sites (tertiary alicyclic amines) is 1. The average molecular weight is 468 g/mol. The zero-order chi connectivity index (χ0) is 24.1. The van der Waals surface area contributed by atoms with E-state index in [1.165, 1.54) is 4.90 Å². The second-order valence-electron chi connectivity index (χ2n) is 8.12. The number of ether oxygens (including phenoxy) is 4. The maximum atomic E-state index is 13.2. The Labute approximate surface area is 198 Å². The predicted octanol–water partition coefficient (Wildman–Crippen LogP) is 3.70. The monoisotopic (exact) mass is 467 g/mol. The Bertz CT molecular complexity index is 1090. The van der Waals surface area contributed by atoms with Crippen molar-refractivity contribution in [2.24, 2.45) is 0 Å². The fourth-order valence-electron chi connectivity index (χ4n) is 4.18. The van der Waals surface area contributed by atoms with Crippen molar-refractivity contribution < 1.29 is 33.6 Å². The molecule has 2 heterocycles. The molecule has 0 aliphatic carbocycles. The van der Waals surface area contributed by atoms with Crippen LogP contribution in [0.15, 0.2) is 48.0 Å². The Hall–Kier alpha value is -3.52. The van der Waals surface area contributed by atoms with E-state index < -0.39 is 17.7 Å². The van der Waals surface area contributed by atoms with Crippen LogP contribution in [0.1, 0.15) is 36.9 Å². The van der Waals surface area contributed by atoms with Crippen molar-refractivity contribution in [2.45, 2.75) is 25.8 Å². The summed E-state index contributed by atoms with van der Waals surface area (Å²) in [4.78, 5) is 27.7. The number of methoxy groups -OCH3 is 1. The number of fused-ring (bicyclic) bond motifs is 1. The average Bonchev–Trinajstić information content (AvgIpc) is 3.12. The van der Waals surface area contributed by atoms with Gasteiger partial charge >= 0.3 is 0 Å². The molecule has 0 spiro atoms. The Morgan fingerprint density at radius 3 is 2.65 bits per heavy atom. The van der Waals surface area contributed by atoms with Crippen molar-refractivity contribution in [2.75, 3.05) is 40.1 Å². The van der Waals surface area contributed by atoms with E-state index in [9.17, 15) is 14.7 Å². The summed E-state index contributed by atoms with van der Waals surface area (Å²) >= 11 is 0. The molecule has 2 aliphatic heterocycles. The first-order chi connectivity index (χ1) is 16.5. The molecule has 8 nitrogen and oxygen atoms in total. The number of aliphatic hydroxyl groups excluding tert-OH is 1. The molecule has 8 heteroatoms. The van der Waals surface area contributed by atoms with Crippen LogP contribution in [0.4, 0.5) is 0 Å². The molecule has 1 N–H and O–H groups in total. The minimum Gasteiger partial charge on any atom is -0.507 e. The first-order valence-corrected chi connectivity index (χ1v) is 11.4. The van der Waals surface area contributed by atoms with Gasteiger partial charge in [-0.25, -0.2) is 0 Å². The lowest BCUT2D eigenvalue weighted by molar-refractivity contribution is -0.140. The van der Waals surface area contributed by atoms with Crippen LogP contribution in [0.3, 0.4) is 0 Å². The number of amides is 1. The lowest BCUT2D eigenvalue weighted by Gasteiger charge is -2.26. The van der Waals surface area contributed by atoms with Crippen molar-refractivity contribution >= 4 is 17.4 Å². The highest BCUT2D eigenvalue weighted by Crippen LogP contribution is 2.41. The predicted molar refractivity (Wildman–Crippen MR) is 125 cm³/mol. The second kappa shape index (κ2) is 10.6. The Kier molecular flexibility index (Phi) is 7.37. The van der Waals surface area contributed by atoms with E-state index in [-0.39, 0.29) is 11.3 Å². The van der Waals surface area contributed by atoms with Gasteiger partial charge in [-0.3, -0.25) is 9.59 Å². The molecule has 2 aromatic rings. The van der Waals surface area contributed by atoms with Crippen molar-refractivity contribution in [1.82, 2.24) is 4.90 Å². The number of hydrogen-bond donors (Lipinski definition) is 1. The van der Waals surface area contributed by atoms with E-state index >= 15 is 0 Å². The number of ketones is 1. The minimum absolute atomic E-state index is 0.0340. The largest absolute Gasteiger partial charge is 0.507 e. The van der Waals surface area contributed by atoms with Crippen LogP contribution < -0.4 is 14.2 Å². The van der Waals surface area contributed by atoms with E-state index in [0.717, 1.165) is 6.42 Å². The molecule has 0 bridgehead atoms. The normalized spacial score (nSPS) is 18.9. The first kappa shape index (κ1) is 23.6. The van der Waals surface area contributed by atoms with Gasteiger partial charge in [-0.15, -0.1) is 0 Å². The highest BCUT2D eigenvalue weighted by atomic mass is 16.6. The summed E-state index contributed by atoms with van der Waals surface area (Å²) in [7, 11) is 1.59. The van der Waals surface area contributed by atoms with Gasteiger partial charge in [-0.2, -0.15) is 0 Å². The zero-order valence-corrected chi connectivity index (χ0v) is 19.4. The lowest BCUT2D eigenvalue weighted by Crippen LogP contribution is -2.31. The maximum Gasteiger partial charge on any atom is 0.295 e. The van der Waals surface area contributed by atoms with E-state index in [4.69, 9.17) is 18.9 Å². The number of hydrogen-bond acceptors (Lipinski definition) is 7. The summed E-state index contributed by atoms with van der Waals surface area (Å²) in [6.45, 7) is 4.15. The van der Waals surface area contributed by atoms with Crippen LogP contribution in [-0.4, -0.2) is 61.8 Å². The van der Waals surface area contributed by atoms with Gasteiger partial charge in [0.15, 0.2) is 11.5 Å². The number of benzene rings is 2. The fraction of sp³-hybridized carbons (Fsp3) is 0.385. The third-order valence-corrected chi connectivity index (χ3v) is 5.75. The highest BCUT2D eigenvalue weighted by molar-refractivity contribution is 6.46. The molecule has 1 unspecified atom stereocenters. The number of carbonyl (C=O) groups excluding carboxylic acids is 2. The second-order valence-corrected chi connectivity index (χ2v) is 8.12. The zero-order valence-electron chi connectivity index (χ0n) is 19.4. The molecule has 0 saturated carbocycles. The van der Waals surface area contributed by atoms with Crippen molar-refractivity contribution in [3.63, 3.8) is 0 Å². The van der Waals surface area contributed by atoms with Gasteiger partial charge in [0.2, 0.25) is 0 Å². The summed E-state index contributed by atoms with van der Waals surface area (Å²) in [6.07, 6.45) is 1.40. The third kappa shape index (κ3) is 4.72. The molecule has 0 radical (unpaired) electrons. The third-order valence-electron chi connectivity index (χ3n) is 5.75. The molecule has 34 heavy (non-hydrogen) atoms. The van der Waals surface area contributed by atoms with Gasteiger partial charge in [-0.1, -0.05) is 19.1 Å². The number of carbonyl (C=O) groups is 2. The van der Waals surface area contributed by atoms with Crippen LogP contribution in [0.25, 0.3) is 5.76 Å². The van der Waals surface area contributed by atoms with Gasteiger partial charge in [0.05, 0.1) is 18.2 Å². The lowest BCUT2D eigenvalue weighted by atomic mass is 9.95. The Morgan fingerprint density at radius 1 is 1.09 bits per heavy atom. The van der Waals surface area contributed by atoms with E-state index in [0.29, 0.717) is 67.8 Å². The molecule has 1 amide bonds. The number of Topliss-reactive ketones (excluding diaryl/α,β-unsaturated/α-hetero) is 1. The molecule has 1 saturated heterocycles. The molecular formula is C26H29NO7. The molecular weight excluding hydrogens is 438 g/mol. The Morgan fingerprint density at radius 2 is 1.88 bits per heavy atom. The quantitative estimate of drug-likeness (QED) is 0.260. The topological polar surface area (TPSA) is 94.5 Å². The summed E-state index contributed by atoms with van der Waals surface area (Å²) in [5.74, 6) is 0.0571. The summed E-state index contributed by atoms with van der Waals surface area (Å²) in [5.41, 5.74) is 1.10. The van der Waals surface area contributed by atoms with Crippen LogP contribution in [0.2, 0.25) is 0 Å². The molecule has 2 aliphatic rings. The molecule has 4 rings (SSSR count). The van der Waals surface area contributed by atoms with Crippen LogP contribution in [0, 0.1) is 0 Å². The summed E-state index contributed by atoms with van der Waals surface area (Å²) in [5, 5.41) is 11.3. The molecule has 180 valence electrons. The van der Waals surface area contributed by atoms with E-state index in [1.807, 2.05) is 31.2 Å². The van der Waals surface area contributed by atoms with Gasteiger partial charge in [0.25, 0.3) is 11.7 Å². The van der Waals surface area contributed by atoms with Gasteiger partial charge in [0, 0.05) is 25.8 Å². The van der Waals surface area contributed by atoms with E-state index in [2.05, 4.69) is 0 Å². The van der Waals surface area contributed by atoms with Crippen molar-refractivity contribution in [3.8, 4) is 17.2 Å².